The summed E-state index contributed by atoms with van der Waals surface area (Å²) in [4.78, 5) is 12.1. The van der Waals surface area contributed by atoms with Crippen molar-refractivity contribution in [3.8, 4) is 0 Å². The van der Waals surface area contributed by atoms with Gasteiger partial charge in [-0.1, -0.05) is 15.9 Å². The fourth-order valence-corrected chi connectivity index (χ4v) is 1.89. The van der Waals surface area contributed by atoms with E-state index >= 15 is 0 Å². The Morgan fingerprint density at radius 1 is 1.44 bits per heavy atom. The van der Waals surface area contributed by atoms with Crippen LogP contribution in [-0.4, -0.2) is 12.4 Å². The van der Waals surface area contributed by atoms with Gasteiger partial charge in [0.2, 0.25) is 5.78 Å². The number of carbonyl (C=O) groups excluding carboxylic acids is 1. The van der Waals surface area contributed by atoms with Crippen molar-refractivity contribution in [2.75, 3.05) is 6.61 Å². The summed E-state index contributed by atoms with van der Waals surface area (Å²) in [5.74, 6) is 0.475. The van der Waals surface area contributed by atoms with E-state index in [0.29, 0.717) is 17.9 Å². The van der Waals surface area contributed by atoms with Crippen molar-refractivity contribution in [3.63, 3.8) is 0 Å². The van der Waals surface area contributed by atoms with Crippen LogP contribution in [0.15, 0.2) is 34.5 Å². The molecular weight excluding hydrogens is 268 g/mol. The van der Waals surface area contributed by atoms with E-state index in [1.54, 1.807) is 0 Å². The maximum Gasteiger partial charge on any atom is 0.227 e. The molecule has 0 unspecified atom stereocenters. The van der Waals surface area contributed by atoms with Crippen molar-refractivity contribution in [1.82, 2.24) is 0 Å². The number of aryl methyl sites for hydroxylation is 1. The zero-order chi connectivity index (χ0) is 11.5. The first-order valence-electron chi connectivity index (χ1n) is 5.32. The first-order chi connectivity index (χ1) is 7.68. The lowest BCUT2D eigenvalue weighted by molar-refractivity contribution is 0.0899. The van der Waals surface area contributed by atoms with Gasteiger partial charge in [0.05, 0.1) is 6.61 Å². The second-order valence-electron chi connectivity index (χ2n) is 3.85. The summed E-state index contributed by atoms with van der Waals surface area (Å²) in [5, 5.41) is 0. The van der Waals surface area contributed by atoms with Crippen LogP contribution in [0, 0.1) is 6.92 Å². The third-order valence-corrected chi connectivity index (χ3v) is 3.47. The molecule has 1 aliphatic rings. The standard InChI is InChI=1S/C13H13BrO2/c1-9-8-10(5-6-11(9)14)13(15)12-4-2-3-7-16-12/h4-6,8H,2-3,7H2,1H3. The van der Waals surface area contributed by atoms with E-state index in [9.17, 15) is 4.79 Å². The predicted molar refractivity (Wildman–Crippen MR) is 66.5 cm³/mol. The van der Waals surface area contributed by atoms with Gasteiger partial charge in [0, 0.05) is 10.0 Å². The molecule has 2 rings (SSSR count). The molecule has 1 heterocycles. The summed E-state index contributed by atoms with van der Waals surface area (Å²) in [6, 6.07) is 5.59. The molecule has 2 nitrogen and oxygen atoms in total. The normalized spacial score (nSPS) is 15.2. The molecule has 0 aliphatic carbocycles. The minimum absolute atomic E-state index is 0.0182. The van der Waals surface area contributed by atoms with Crippen LogP contribution in [-0.2, 0) is 4.74 Å². The highest BCUT2D eigenvalue weighted by Crippen LogP contribution is 2.21. The van der Waals surface area contributed by atoms with Crippen LogP contribution in [0.3, 0.4) is 0 Å². The molecule has 3 heteroatoms. The van der Waals surface area contributed by atoms with Crippen LogP contribution >= 0.6 is 15.9 Å². The monoisotopic (exact) mass is 280 g/mol. The molecule has 0 radical (unpaired) electrons. The summed E-state index contributed by atoms with van der Waals surface area (Å²) in [6.07, 6.45) is 3.80. The van der Waals surface area contributed by atoms with Gasteiger partial charge in [-0.2, -0.15) is 0 Å². The van der Waals surface area contributed by atoms with Gasteiger partial charge in [-0.05, 0) is 49.6 Å². The second kappa shape index (κ2) is 4.83. The number of hydrogen-bond acceptors (Lipinski definition) is 2. The molecule has 16 heavy (non-hydrogen) atoms. The smallest absolute Gasteiger partial charge is 0.227 e. The van der Waals surface area contributed by atoms with Crippen LogP contribution in [0.1, 0.15) is 28.8 Å². The van der Waals surface area contributed by atoms with Gasteiger partial charge in [-0.3, -0.25) is 4.79 Å². The minimum Gasteiger partial charge on any atom is -0.490 e. The van der Waals surface area contributed by atoms with E-state index in [2.05, 4.69) is 15.9 Å². The molecule has 0 aromatic heterocycles. The van der Waals surface area contributed by atoms with Crippen LogP contribution < -0.4 is 0 Å². The molecule has 1 aromatic rings. The highest BCUT2D eigenvalue weighted by Gasteiger charge is 2.16. The zero-order valence-corrected chi connectivity index (χ0v) is 10.7. The van der Waals surface area contributed by atoms with Crippen molar-refractivity contribution in [3.05, 3.63) is 45.6 Å². The van der Waals surface area contributed by atoms with Crippen LogP contribution in [0.2, 0.25) is 0 Å². The van der Waals surface area contributed by atoms with Crippen LogP contribution in [0.5, 0.6) is 0 Å². The molecule has 0 saturated carbocycles. The molecule has 0 atom stereocenters. The van der Waals surface area contributed by atoms with E-state index in [1.165, 1.54) is 0 Å². The number of Topliss-reactive ketones (excluding diaryl/α,β-unsaturated/α-hetero) is 1. The lowest BCUT2D eigenvalue weighted by atomic mass is 10.1. The van der Waals surface area contributed by atoms with E-state index in [4.69, 9.17) is 4.74 Å². The molecule has 0 fully saturated rings. The number of ether oxygens (including phenoxy) is 1. The fourth-order valence-electron chi connectivity index (χ4n) is 1.64. The SMILES string of the molecule is Cc1cc(C(=O)C2=CCCCO2)ccc1Br. The van der Waals surface area contributed by atoms with Crippen molar-refractivity contribution >= 4 is 21.7 Å². The summed E-state index contributed by atoms with van der Waals surface area (Å²) < 4.78 is 6.38. The first kappa shape index (κ1) is 11.4. The molecule has 84 valence electrons. The highest BCUT2D eigenvalue weighted by molar-refractivity contribution is 9.10. The van der Waals surface area contributed by atoms with Crippen molar-refractivity contribution < 1.29 is 9.53 Å². The molecule has 0 bridgehead atoms. The van der Waals surface area contributed by atoms with E-state index in [-0.39, 0.29) is 5.78 Å². The van der Waals surface area contributed by atoms with Gasteiger partial charge in [-0.25, -0.2) is 0 Å². The van der Waals surface area contributed by atoms with E-state index in [1.807, 2.05) is 31.2 Å². The zero-order valence-electron chi connectivity index (χ0n) is 9.13. The Balaban J connectivity index is 2.26. The summed E-state index contributed by atoms with van der Waals surface area (Å²) in [6.45, 7) is 2.62. The number of hydrogen-bond donors (Lipinski definition) is 0. The molecule has 0 amide bonds. The quantitative estimate of drug-likeness (QED) is 0.774. The Morgan fingerprint density at radius 2 is 2.25 bits per heavy atom. The van der Waals surface area contributed by atoms with E-state index < -0.39 is 0 Å². The van der Waals surface area contributed by atoms with Crippen molar-refractivity contribution in [2.24, 2.45) is 0 Å². The van der Waals surface area contributed by atoms with Gasteiger partial charge in [0.15, 0.2) is 5.76 Å². The Morgan fingerprint density at radius 3 is 2.88 bits per heavy atom. The molecular formula is C13H13BrO2. The number of ketones is 1. The Kier molecular flexibility index (Phi) is 3.44. The summed E-state index contributed by atoms with van der Waals surface area (Å²) >= 11 is 3.42. The largest absolute Gasteiger partial charge is 0.490 e. The maximum absolute atomic E-state index is 12.1. The number of rotatable bonds is 2. The van der Waals surface area contributed by atoms with Crippen LogP contribution in [0.4, 0.5) is 0 Å². The summed E-state index contributed by atoms with van der Waals surface area (Å²) in [5.41, 5.74) is 1.75. The predicted octanol–water partition coefficient (Wildman–Crippen LogP) is 3.63. The average Bonchev–Trinajstić information content (AvgIpc) is 2.33. The Labute approximate surface area is 103 Å². The lowest BCUT2D eigenvalue weighted by Gasteiger charge is -2.14. The molecule has 0 spiro atoms. The van der Waals surface area contributed by atoms with Crippen molar-refractivity contribution in [2.45, 2.75) is 19.8 Å². The van der Waals surface area contributed by atoms with Crippen LogP contribution in [0.25, 0.3) is 0 Å². The van der Waals surface area contributed by atoms with Gasteiger partial charge in [-0.15, -0.1) is 0 Å². The highest BCUT2D eigenvalue weighted by atomic mass is 79.9. The van der Waals surface area contributed by atoms with Gasteiger partial charge < -0.3 is 4.74 Å². The van der Waals surface area contributed by atoms with Crippen molar-refractivity contribution in [1.29, 1.82) is 0 Å². The van der Waals surface area contributed by atoms with Gasteiger partial charge >= 0.3 is 0 Å². The van der Waals surface area contributed by atoms with Gasteiger partial charge in [0.25, 0.3) is 0 Å². The second-order valence-corrected chi connectivity index (χ2v) is 4.71. The lowest BCUT2D eigenvalue weighted by Crippen LogP contribution is -2.11. The summed E-state index contributed by atoms with van der Waals surface area (Å²) in [7, 11) is 0. The topological polar surface area (TPSA) is 26.3 Å². The fraction of sp³-hybridized carbons (Fsp3) is 0.308. The molecule has 0 N–H and O–H groups in total. The third-order valence-electron chi connectivity index (χ3n) is 2.58. The Hall–Kier alpha value is -1.09. The van der Waals surface area contributed by atoms with E-state index in [0.717, 1.165) is 22.9 Å². The minimum atomic E-state index is -0.0182. The third kappa shape index (κ3) is 2.35. The molecule has 1 aliphatic heterocycles. The maximum atomic E-state index is 12.1. The number of halogens is 1. The number of benzene rings is 1. The first-order valence-corrected chi connectivity index (χ1v) is 6.11. The number of carbonyl (C=O) groups is 1. The molecule has 1 aromatic carbocycles. The Bertz CT molecular complexity index is 449. The average molecular weight is 281 g/mol. The molecule has 0 saturated heterocycles. The number of allylic oxidation sites excluding steroid dienone is 2. The van der Waals surface area contributed by atoms with Gasteiger partial charge in [0.1, 0.15) is 0 Å².